The number of hydrogen-bond acceptors (Lipinski definition) is 7. The van der Waals surface area contributed by atoms with Crippen LogP contribution < -0.4 is 10.2 Å². The second-order valence-electron chi connectivity index (χ2n) is 8.72. The van der Waals surface area contributed by atoms with Crippen molar-refractivity contribution in [2.24, 2.45) is 5.92 Å². The number of methoxy groups -OCH3 is 1. The Hall–Kier alpha value is -3.40. The van der Waals surface area contributed by atoms with Crippen molar-refractivity contribution in [2.45, 2.75) is 38.2 Å². The topological polar surface area (TPSA) is 109 Å². The highest BCUT2D eigenvalue weighted by Gasteiger charge is 2.36. The van der Waals surface area contributed by atoms with E-state index in [-0.39, 0.29) is 36.2 Å². The summed E-state index contributed by atoms with van der Waals surface area (Å²) in [5, 5.41) is 9.36. The summed E-state index contributed by atoms with van der Waals surface area (Å²) in [6.45, 7) is 2.85. The standard InChI is InChI=1S/C23H26FN7O2/c1-13-7-18(21-27-12-28-30-21)19(24)9-16(13)17-8-15(33-2)4-3-14(17)10-31-11-20(32)29-22-23(31)26-6-5-25-22/h5-7,9,12,14-15,17H,3-4,8,10-11H2,1-2H3,(H,25,29,32)(H,27,28,30)/t14-,15+,17?/m1/s1. The van der Waals surface area contributed by atoms with Gasteiger partial charge in [0, 0.05) is 26.0 Å². The lowest BCUT2D eigenvalue weighted by Gasteiger charge is -2.40. The van der Waals surface area contributed by atoms with Crippen LogP contribution in [0.2, 0.25) is 0 Å². The first-order valence-electron chi connectivity index (χ1n) is 11.1. The van der Waals surface area contributed by atoms with E-state index in [0.29, 0.717) is 29.6 Å². The zero-order valence-corrected chi connectivity index (χ0v) is 18.6. The average Bonchev–Trinajstić information content (AvgIpc) is 3.35. The molecular formula is C23H26FN7O2. The molecule has 1 aromatic carbocycles. The molecule has 3 heterocycles. The molecule has 2 aromatic heterocycles. The number of benzene rings is 1. The van der Waals surface area contributed by atoms with Crippen molar-refractivity contribution in [3.8, 4) is 11.4 Å². The number of amides is 1. The molecule has 1 saturated carbocycles. The Morgan fingerprint density at radius 1 is 1.21 bits per heavy atom. The maximum atomic E-state index is 15.2. The minimum Gasteiger partial charge on any atom is -0.381 e. The summed E-state index contributed by atoms with van der Waals surface area (Å²) in [4.78, 5) is 27.1. The first-order chi connectivity index (χ1) is 16.0. The van der Waals surface area contributed by atoms with Gasteiger partial charge in [0.25, 0.3) is 0 Å². The number of H-pyrrole nitrogens is 1. The summed E-state index contributed by atoms with van der Waals surface area (Å²) < 4.78 is 20.9. The summed E-state index contributed by atoms with van der Waals surface area (Å²) in [5.41, 5.74) is 2.36. The van der Waals surface area contributed by atoms with E-state index in [1.165, 1.54) is 6.33 Å². The number of ether oxygens (including phenoxy) is 1. The molecule has 1 unspecified atom stereocenters. The van der Waals surface area contributed by atoms with Gasteiger partial charge in [-0.15, -0.1) is 0 Å². The Bertz CT molecular complexity index is 1150. The van der Waals surface area contributed by atoms with Gasteiger partial charge in [0.2, 0.25) is 5.91 Å². The minimum absolute atomic E-state index is 0.0760. The zero-order chi connectivity index (χ0) is 22.9. The van der Waals surface area contributed by atoms with Crippen LogP contribution in [0.25, 0.3) is 11.4 Å². The average molecular weight is 452 g/mol. The van der Waals surface area contributed by atoms with E-state index in [1.807, 2.05) is 17.9 Å². The normalized spacial score (nSPS) is 22.7. The molecule has 0 bridgehead atoms. The van der Waals surface area contributed by atoms with Crippen molar-refractivity contribution >= 4 is 17.5 Å². The number of halogens is 1. The summed E-state index contributed by atoms with van der Waals surface area (Å²) in [6.07, 6.45) is 7.29. The Labute approximate surface area is 190 Å². The van der Waals surface area contributed by atoms with Crippen molar-refractivity contribution in [2.75, 3.05) is 30.4 Å². The third kappa shape index (κ3) is 4.18. The van der Waals surface area contributed by atoms with Crippen molar-refractivity contribution < 1.29 is 13.9 Å². The molecule has 10 heteroatoms. The number of carbonyl (C=O) groups excluding carboxylic acids is 1. The van der Waals surface area contributed by atoms with Crippen LogP contribution >= 0.6 is 0 Å². The van der Waals surface area contributed by atoms with Crippen LogP contribution in [0.3, 0.4) is 0 Å². The highest BCUT2D eigenvalue weighted by molar-refractivity contribution is 5.98. The van der Waals surface area contributed by atoms with Crippen molar-refractivity contribution in [3.05, 3.63) is 47.8 Å². The molecule has 3 aromatic rings. The van der Waals surface area contributed by atoms with Gasteiger partial charge in [0.1, 0.15) is 12.1 Å². The number of nitrogens with zero attached hydrogens (tertiary/aromatic N) is 5. The van der Waals surface area contributed by atoms with Crippen LogP contribution in [0.4, 0.5) is 16.0 Å². The predicted molar refractivity (Wildman–Crippen MR) is 120 cm³/mol. The maximum Gasteiger partial charge on any atom is 0.245 e. The lowest BCUT2D eigenvalue weighted by molar-refractivity contribution is -0.115. The van der Waals surface area contributed by atoms with Crippen molar-refractivity contribution in [1.29, 1.82) is 0 Å². The number of fused-ring (bicyclic) bond motifs is 1. The number of anilines is 2. The molecule has 2 aliphatic rings. The van der Waals surface area contributed by atoms with Crippen LogP contribution in [-0.2, 0) is 9.53 Å². The van der Waals surface area contributed by atoms with Crippen LogP contribution in [0.5, 0.6) is 0 Å². The van der Waals surface area contributed by atoms with Gasteiger partial charge >= 0.3 is 0 Å². The number of hydrogen-bond donors (Lipinski definition) is 2. The van der Waals surface area contributed by atoms with Crippen molar-refractivity contribution in [3.63, 3.8) is 0 Å². The first kappa shape index (κ1) is 21.4. The molecule has 172 valence electrons. The second-order valence-corrected chi connectivity index (χ2v) is 8.72. The van der Waals surface area contributed by atoms with E-state index < -0.39 is 0 Å². The largest absolute Gasteiger partial charge is 0.381 e. The van der Waals surface area contributed by atoms with Gasteiger partial charge in [0.15, 0.2) is 17.5 Å². The summed E-state index contributed by atoms with van der Waals surface area (Å²) in [5.74, 6) is 1.40. The molecule has 0 saturated heterocycles. The summed E-state index contributed by atoms with van der Waals surface area (Å²) >= 11 is 0. The lowest BCUT2D eigenvalue weighted by Crippen LogP contribution is -2.44. The summed E-state index contributed by atoms with van der Waals surface area (Å²) in [6, 6.07) is 3.45. The molecular weight excluding hydrogens is 425 g/mol. The number of aromatic amines is 1. The molecule has 33 heavy (non-hydrogen) atoms. The van der Waals surface area contributed by atoms with E-state index >= 15 is 4.39 Å². The van der Waals surface area contributed by atoms with E-state index in [1.54, 1.807) is 25.6 Å². The van der Waals surface area contributed by atoms with E-state index in [4.69, 9.17) is 4.74 Å². The molecule has 1 fully saturated rings. The fourth-order valence-electron chi connectivity index (χ4n) is 5.13. The fraction of sp³-hybridized carbons (Fsp3) is 0.435. The Kier molecular flexibility index (Phi) is 5.76. The Morgan fingerprint density at radius 2 is 2.06 bits per heavy atom. The van der Waals surface area contributed by atoms with E-state index in [0.717, 1.165) is 30.4 Å². The van der Waals surface area contributed by atoms with Crippen LogP contribution in [0, 0.1) is 18.7 Å². The van der Waals surface area contributed by atoms with Gasteiger partial charge in [-0.25, -0.2) is 19.3 Å². The van der Waals surface area contributed by atoms with Crippen LogP contribution in [0.15, 0.2) is 30.9 Å². The zero-order valence-electron chi connectivity index (χ0n) is 18.6. The second kappa shape index (κ2) is 8.86. The van der Waals surface area contributed by atoms with Crippen LogP contribution in [-0.4, -0.2) is 57.4 Å². The number of aromatic nitrogens is 5. The van der Waals surface area contributed by atoms with Gasteiger partial charge in [-0.1, -0.05) is 0 Å². The summed E-state index contributed by atoms with van der Waals surface area (Å²) in [7, 11) is 1.73. The highest BCUT2D eigenvalue weighted by Crippen LogP contribution is 2.42. The Balaban J connectivity index is 1.47. The predicted octanol–water partition coefficient (Wildman–Crippen LogP) is 3.07. The molecule has 2 N–H and O–H groups in total. The smallest absolute Gasteiger partial charge is 0.245 e. The highest BCUT2D eigenvalue weighted by atomic mass is 19.1. The van der Waals surface area contributed by atoms with E-state index in [9.17, 15) is 4.79 Å². The molecule has 1 amide bonds. The Morgan fingerprint density at radius 3 is 2.85 bits per heavy atom. The molecule has 0 radical (unpaired) electrons. The van der Waals surface area contributed by atoms with Gasteiger partial charge in [-0.3, -0.25) is 9.89 Å². The van der Waals surface area contributed by atoms with Crippen LogP contribution in [0.1, 0.15) is 36.3 Å². The number of rotatable bonds is 5. The number of carbonyl (C=O) groups is 1. The lowest BCUT2D eigenvalue weighted by atomic mass is 9.72. The van der Waals surface area contributed by atoms with Gasteiger partial charge in [-0.2, -0.15) is 5.10 Å². The fourth-order valence-corrected chi connectivity index (χ4v) is 5.13. The molecule has 0 spiro atoms. The van der Waals surface area contributed by atoms with Gasteiger partial charge in [-0.05, 0) is 61.3 Å². The van der Waals surface area contributed by atoms with Crippen molar-refractivity contribution in [1.82, 2.24) is 25.1 Å². The molecule has 1 aliphatic heterocycles. The van der Waals surface area contributed by atoms with E-state index in [2.05, 4.69) is 30.5 Å². The monoisotopic (exact) mass is 451 g/mol. The molecule has 9 nitrogen and oxygen atoms in total. The molecule has 5 rings (SSSR count). The minimum atomic E-state index is -0.334. The SMILES string of the molecule is CO[C@H]1CC[C@H](CN2CC(=O)Nc3nccnc32)C(c2cc(F)c(-c3ncn[nH]3)cc2C)C1. The third-order valence-corrected chi connectivity index (χ3v) is 6.73. The first-order valence-corrected chi connectivity index (χ1v) is 11.1. The number of nitrogens with one attached hydrogen (secondary N) is 2. The third-order valence-electron chi connectivity index (χ3n) is 6.73. The number of aryl methyl sites for hydroxylation is 1. The molecule has 3 atom stereocenters. The van der Waals surface area contributed by atoms with Gasteiger partial charge in [0.05, 0.1) is 18.2 Å². The maximum absolute atomic E-state index is 15.2. The van der Waals surface area contributed by atoms with Gasteiger partial charge < -0.3 is 15.0 Å². The molecule has 1 aliphatic carbocycles. The quantitative estimate of drug-likeness (QED) is 0.614.